The first-order valence-electron chi connectivity index (χ1n) is 7.28. The topological polar surface area (TPSA) is 29.1 Å². The second kappa shape index (κ2) is 6.83. The van der Waals surface area contributed by atoms with E-state index >= 15 is 0 Å². The van der Waals surface area contributed by atoms with Gasteiger partial charge in [0.1, 0.15) is 0 Å². The fourth-order valence-electron chi connectivity index (χ4n) is 3.09. The number of hydrogen-bond acceptors (Lipinski definition) is 1. The molecule has 96 valence electrons. The molecule has 1 fully saturated rings. The molecule has 0 aromatic heterocycles. The van der Waals surface area contributed by atoms with E-state index in [0.29, 0.717) is 12.3 Å². The van der Waals surface area contributed by atoms with Crippen LogP contribution in [0.3, 0.4) is 0 Å². The Kier molecular flexibility index (Phi) is 5.08. The van der Waals surface area contributed by atoms with E-state index < -0.39 is 0 Å². The third kappa shape index (κ3) is 4.53. The molecule has 2 aliphatic rings. The Morgan fingerprint density at radius 1 is 1.24 bits per heavy atom. The lowest BCUT2D eigenvalue weighted by atomic mass is 10.0. The predicted molar refractivity (Wildman–Crippen MR) is 70.7 cm³/mol. The van der Waals surface area contributed by atoms with Gasteiger partial charge in [-0.3, -0.25) is 4.79 Å². The van der Waals surface area contributed by atoms with Crippen LogP contribution in [0, 0.1) is 11.8 Å². The first-order chi connectivity index (χ1) is 8.34. The molecule has 0 saturated heterocycles. The summed E-state index contributed by atoms with van der Waals surface area (Å²) in [6.45, 7) is 0.881. The summed E-state index contributed by atoms with van der Waals surface area (Å²) in [6.07, 6.45) is 15.5. The lowest BCUT2D eigenvalue weighted by Gasteiger charge is -2.10. The zero-order valence-corrected chi connectivity index (χ0v) is 10.8. The van der Waals surface area contributed by atoms with Gasteiger partial charge in [-0.2, -0.15) is 0 Å². The summed E-state index contributed by atoms with van der Waals surface area (Å²) in [4.78, 5) is 11.7. The third-order valence-corrected chi connectivity index (χ3v) is 4.15. The maximum atomic E-state index is 11.7. The van der Waals surface area contributed by atoms with Crippen molar-refractivity contribution in [1.29, 1.82) is 0 Å². The molecule has 0 aromatic carbocycles. The van der Waals surface area contributed by atoms with Crippen molar-refractivity contribution >= 4 is 5.91 Å². The normalized spacial score (nSPS) is 24.4. The Morgan fingerprint density at radius 2 is 2.06 bits per heavy atom. The van der Waals surface area contributed by atoms with Gasteiger partial charge < -0.3 is 5.32 Å². The number of nitrogens with one attached hydrogen (secondary N) is 1. The summed E-state index contributed by atoms with van der Waals surface area (Å²) < 4.78 is 0. The molecule has 0 aliphatic heterocycles. The summed E-state index contributed by atoms with van der Waals surface area (Å²) in [6, 6.07) is 0. The van der Waals surface area contributed by atoms with E-state index in [0.717, 1.165) is 31.7 Å². The minimum absolute atomic E-state index is 0.243. The highest BCUT2D eigenvalue weighted by Crippen LogP contribution is 2.28. The number of hydrogen-bond donors (Lipinski definition) is 1. The zero-order valence-electron chi connectivity index (χ0n) is 10.8. The second-order valence-corrected chi connectivity index (χ2v) is 5.61. The number of rotatable bonds is 6. The summed E-state index contributed by atoms with van der Waals surface area (Å²) in [5.41, 5.74) is 0. The first-order valence-corrected chi connectivity index (χ1v) is 7.28. The molecule has 1 unspecified atom stereocenters. The molecule has 0 bridgehead atoms. The minimum Gasteiger partial charge on any atom is -0.356 e. The largest absolute Gasteiger partial charge is 0.356 e. The highest BCUT2D eigenvalue weighted by atomic mass is 16.1. The van der Waals surface area contributed by atoms with Crippen LogP contribution < -0.4 is 5.32 Å². The van der Waals surface area contributed by atoms with Crippen molar-refractivity contribution in [2.24, 2.45) is 11.8 Å². The van der Waals surface area contributed by atoms with Crippen LogP contribution in [0.4, 0.5) is 0 Å². The van der Waals surface area contributed by atoms with Crippen LogP contribution >= 0.6 is 0 Å². The SMILES string of the molecule is O=C(CC1C=CCC1)NCCCC1CCCC1. The molecule has 2 aliphatic carbocycles. The molecule has 1 amide bonds. The van der Waals surface area contributed by atoms with E-state index in [-0.39, 0.29) is 5.91 Å². The van der Waals surface area contributed by atoms with Gasteiger partial charge in [-0.25, -0.2) is 0 Å². The van der Waals surface area contributed by atoms with Gasteiger partial charge in [-0.15, -0.1) is 0 Å². The first kappa shape index (κ1) is 12.7. The molecule has 0 heterocycles. The summed E-state index contributed by atoms with van der Waals surface area (Å²) in [5, 5.41) is 3.06. The van der Waals surface area contributed by atoms with Crippen LogP contribution in [0.1, 0.15) is 57.8 Å². The lowest BCUT2D eigenvalue weighted by Crippen LogP contribution is -2.26. The molecule has 1 atom stereocenters. The monoisotopic (exact) mass is 235 g/mol. The third-order valence-electron chi connectivity index (χ3n) is 4.15. The molecular formula is C15H25NO. The van der Waals surface area contributed by atoms with Gasteiger partial charge in [0.2, 0.25) is 5.91 Å². The number of carbonyl (C=O) groups is 1. The smallest absolute Gasteiger partial charge is 0.220 e. The minimum atomic E-state index is 0.243. The Labute approximate surface area is 105 Å². The second-order valence-electron chi connectivity index (χ2n) is 5.61. The molecule has 0 radical (unpaired) electrons. The van der Waals surface area contributed by atoms with Crippen LogP contribution in [-0.2, 0) is 4.79 Å². The Bertz CT molecular complexity index is 266. The van der Waals surface area contributed by atoms with Gasteiger partial charge in [0.05, 0.1) is 0 Å². The van der Waals surface area contributed by atoms with Gasteiger partial charge in [0.25, 0.3) is 0 Å². The molecule has 0 aromatic rings. The molecule has 2 heteroatoms. The molecule has 1 saturated carbocycles. The zero-order chi connectivity index (χ0) is 11.9. The summed E-state index contributed by atoms with van der Waals surface area (Å²) in [7, 11) is 0. The van der Waals surface area contributed by atoms with Crippen LogP contribution in [0.25, 0.3) is 0 Å². The van der Waals surface area contributed by atoms with E-state index in [2.05, 4.69) is 17.5 Å². The van der Waals surface area contributed by atoms with Crippen molar-refractivity contribution < 1.29 is 4.79 Å². The molecule has 2 rings (SSSR count). The average molecular weight is 235 g/mol. The number of allylic oxidation sites excluding steroid dienone is 2. The van der Waals surface area contributed by atoms with Crippen molar-refractivity contribution in [2.75, 3.05) is 6.54 Å². The molecular weight excluding hydrogens is 210 g/mol. The molecule has 2 nitrogen and oxygen atoms in total. The lowest BCUT2D eigenvalue weighted by molar-refractivity contribution is -0.121. The maximum Gasteiger partial charge on any atom is 0.220 e. The summed E-state index contributed by atoms with van der Waals surface area (Å²) >= 11 is 0. The molecule has 0 spiro atoms. The fraction of sp³-hybridized carbons (Fsp3) is 0.800. The van der Waals surface area contributed by atoms with Gasteiger partial charge in [-0.1, -0.05) is 37.8 Å². The Hall–Kier alpha value is -0.790. The maximum absolute atomic E-state index is 11.7. The fourth-order valence-corrected chi connectivity index (χ4v) is 3.09. The van der Waals surface area contributed by atoms with E-state index in [1.807, 2.05) is 0 Å². The van der Waals surface area contributed by atoms with E-state index in [9.17, 15) is 4.79 Å². The van der Waals surface area contributed by atoms with Crippen molar-refractivity contribution in [1.82, 2.24) is 5.32 Å². The summed E-state index contributed by atoms with van der Waals surface area (Å²) in [5.74, 6) is 1.70. The van der Waals surface area contributed by atoms with Gasteiger partial charge in [0.15, 0.2) is 0 Å². The van der Waals surface area contributed by atoms with Crippen molar-refractivity contribution in [3.05, 3.63) is 12.2 Å². The van der Waals surface area contributed by atoms with Crippen LogP contribution in [0.5, 0.6) is 0 Å². The molecule has 17 heavy (non-hydrogen) atoms. The Morgan fingerprint density at radius 3 is 2.76 bits per heavy atom. The van der Waals surface area contributed by atoms with Crippen LogP contribution in [-0.4, -0.2) is 12.5 Å². The Balaban J connectivity index is 1.49. The van der Waals surface area contributed by atoms with Crippen molar-refractivity contribution in [3.63, 3.8) is 0 Å². The standard InChI is InChI=1S/C15H25NO/c17-15(12-14-8-3-4-9-14)16-11-5-10-13-6-1-2-7-13/h3,8,13-14H,1-2,4-7,9-12H2,(H,16,17). The van der Waals surface area contributed by atoms with Gasteiger partial charge >= 0.3 is 0 Å². The van der Waals surface area contributed by atoms with Crippen molar-refractivity contribution in [2.45, 2.75) is 57.8 Å². The van der Waals surface area contributed by atoms with E-state index in [1.165, 1.54) is 32.1 Å². The highest BCUT2D eigenvalue weighted by molar-refractivity contribution is 5.76. The van der Waals surface area contributed by atoms with Gasteiger partial charge in [-0.05, 0) is 37.5 Å². The average Bonchev–Trinajstić information content (AvgIpc) is 2.96. The van der Waals surface area contributed by atoms with E-state index in [1.54, 1.807) is 0 Å². The number of carbonyl (C=O) groups excluding carboxylic acids is 1. The quantitative estimate of drug-likeness (QED) is 0.554. The van der Waals surface area contributed by atoms with Crippen LogP contribution in [0.2, 0.25) is 0 Å². The van der Waals surface area contributed by atoms with Crippen LogP contribution in [0.15, 0.2) is 12.2 Å². The van der Waals surface area contributed by atoms with Gasteiger partial charge in [0, 0.05) is 13.0 Å². The predicted octanol–water partition coefficient (Wildman–Crippen LogP) is 3.43. The molecule has 1 N–H and O–H groups in total. The van der Waals surface area contributed by atoms with E-state index in [4.69, 9.17) is 0 Å². The highest BCUT2D eigenvalue weighted by Gasteiger charge is 2.15. The number of amides is 1. The van der Waals surface area contributed by atoms with Crippen molar-refractivity contribution in [3.8, 4) is 0 Å².